The summed E-state index contributed by atoms with van der Waals surface area (Å²) in [6.45, 7) is 5.11. The first-order chi connectivity index (χ1) is 9.97. The highest BCUT2D eigenvalue weighted by atomic mass is 16.3. The van der Waals surface area contributed by atoms with Crippen molar-refractivity contribution in [2.24, 2.45) is 7.05 Å². The van der Waals surface area contributed by atoms with Crippen molar-refractivity contribution in [3.05, 3.63) is 59.4 Å². The minimum absolute atomic E-state index is 0.485. The third-order valence-corrected chi connectivity index (χ3v) is 3.41. The molecule has 0 bridgehead atoms. The van der Waals surface area contributed by atoms with Gasteiger partial charge in [-0.05, 0) is 19.4 Å². The molecule has 112 valence electrons. The van der Waals surface area contributed by atoms with Gasteiger partial charge in [0.25, 0.3) is 0 Å². The van der Waals surface area contributed by atoms with Crippen LogP contribution < -0.4 is 5.32 Å². The molecule has 0 aliphatic rings. The van der Waals surface area contributed by atoms with Gasteiger partial charge in [0, 0.05) is 31.9 Å². The first-order valence-corrected chi connectivity index (χ1v) is 7.12. The summed E-state index contributed by atoms with van der Waals surface area (Å²) in [5.41, 5.74) is 2.32. The van der Waals surface area contributed by atoms with Crippen molar-refractivity contribution < 1.29 is 5.11 Å². The van der Waals surface area contributed by atoms with Crippen molar-refractivity contribution >= 4 is 6.08 Å². The van der Waals surface area contributed by atoms with Crippen molar-refractivity contribution in [3.8, 4) is 0 Å². The number of nitrogens with one attached hydrogen (secondary N) is 1. The summed E-state index contributed by atoms with van der Waals surface area (Å²) in [6.07, 6.45) is 5.69. The summed E-state index contributed by atoms with van der Waals surface area (Å²) in [7, 11) is 1.85. The van der Waals surface area contributed by atoms with Crippen LogP contribution in [0.25, 0.3) is 6.08 Å². The summed E-state index contributed by atoms with van der Waals surface area (Å²) in [6, 6.07) is 10.2. The summed E-state index contributed by atoms with van der Waals surface area (Å²) < 4.78 is 1.70. The molecule has 0 amide bonds. The van der Waals surface area contributed by atoms with Crippen molar-refractivity contribution in [2.75, 3.05) is 13.1 Å². The number of hydrogen-bond acceptors (Lipinski definition) is 3. The molecule has 1 aromatic heterocycles. The zero-order valence-electron chi connectivity index (χ0n) is 12.9. The van der Waals surface area contributed by atoms with E-state index in [1.165, 1.54) is 11.1 Å². The zero-order valence-corrected chi connectivity index (χ0v) is 12.9. The molecule has 21 heavy (non-hydrogen) atoms. The van der Waals surface area contributed by atoms with E-state index in [2.05, 4.69) is 35.5 Å². The van der Waals surface area contributed by atoms with Gasteiger partial charge in [0.1, 0.15) is 5.60 Å². The van der Waals surface area contributed by atoms with Crippen LogP contribution >= 0.6 is 0 Å². The van der Waals surface area contributed by atoms with Gasteiger partial charge < -0.3 is 10.4 Å². The van der Waals surface area contributed by atoms with Crippen LogP contribution in [0.1, 0.15) is 25.0 Å². The van der Waals surface area contributed by atoms with Gasteiger partial charge in [-0.2, -0.15) is 5.10 Å². The van der Waals surface area contributed by atoms with Crippen LogP contribution in [0.5, 0.6) is 0 Å². The second kappa shape index (κ2) is 6.70. The fraction of sp³-hybridized carbons (Fsp3) is 0.353. The smallest absolute Gasteiger partial charge is 0.102 e. The Bertz CT molecular complexity index is 600. The summed E-state index contributed by atoms with van der Waals surface area (Å²) in [5, 5.41) is 17.9. The Kier molecular flexibility index (Phi) is 4.94. The molecule has 2 aromatic rings. The molecule has 0 aliphatic carbocycles. The Morgan fingerprint density at radius 1 is 1.38 bits per heavy atom. The van der Waals surface area contributed by atoms with Crippen molar-refractivity contribution in [1.29, 1.82) is 0 Å². The van der Waals surface area contributed by atoms with Gasteiger partial charge in [-0.1, -0.05) is 42.0 Å². The summed E-state index contributed by atoms with van der Waals surface area (Å²) in [4.78, 5) is 0. The molecule has 1 atom stereocenters. The third-order valence-electron chi connectivity index (χ3n) is 3.41. The topological polar surface area (TPSA) is 50.1 Å². The van der Waals surface area contributed by atoms with E-state index in [9.17, 15) is 5.11 Å². The van der Waals surface area contributed by atoms with E-state index in [-0.39, 0.29) is 0 Å². The Morgan fingerprint density at radius 3 is 2.71 bits per heavy atom. The maximum atomic E-state index is 10.5. The van der Waals surface area contributed by atoms with E-state index < -0.39 is 5.60 Å². The van der Waals surface area contributed by atoms with E-state index in [1.807, 2.05) is 31.4 Å². The second-order valence-electron chi connectivity index (χ2n) is 5.68. The zero-order chi connectivity index (χ0) is 15.3. The lowest BCUT2D eigenvalue weighted by atomic mass is 9.99. The fourth-order valence-electron chi connectivity index (χ4n) is 2.19. The van der Waals surface area contributed by atoms with Crippen LogP contribution in [0.3, 0.4) is 0 Å². The third kappa shape index (κ3) is 4.55. The molecule has 0 saturated carbocycles. The molecule has 0 radical (unpaired) electrons. The molecule has 0 saturated heterocycles. The van der Waals surface area contributed by atoms with Crippen LogP contribution in [0.2, 0.25) is 0 Å². The standard InChI is InChI=1S/C17H23N3O/c1-14(9-15-7-5-4-6-8-15)10-18-13-17(2,21)16-11-19-20(3)12-16/h4-9,11-12,18,21H,10,13H2,1-3H3. The molecular weight excluding hydrogens is 262 g/mol. The number of aliphatic hydroxyl groups is 1. The first kappa shape index (κ1) is 15.5. The maximum absolute atomic E-state index is 10.5. The largest absolute Gasteiger partial charge is 0.384 e. The van der Waals surface area contributed by atoms with Crippen LogP contribution in [-0.2, 0) is 12.6 Å². The predicted octanol–water partition coefficient (Wildman–Crippen LogP) is 2.32. The van der Waals surface area contributed by atoms with Gasteiger partial charge in [0.05, 0.1) is 6.20 Å². The Balaban J connectivity index is 1.87. The van der Waals surface area contributed by atoms with E-state index >= 15 is 0 Å². The highest BCUT2D eigenvalue weighted by Gasteiger charge is 2.23. The average Bonchev–Trinajstić information content (AvgIpc) is 2.87. The van der Waals surface area contributed by atoms with Gasteiger partial charge in [-0.25, -0.2) is 0 Å². The number of nitrogens with zero attached hydrogens (tertiary/aromatic N) is 2. The molecule has 2 rings (SSSR count). The number of rotatable bonds is 6. The van der Waals surface area contributed by atoms with E-state index in [0.29, 0.717) is 6.54 Å². The van der Waals surface area contributed by atoms with E-state index in [1.54, 1.807) is 17.8 Å². The van der Waals surface area contributed by atoms with Gasteiger partial charge in [0.15, 0.2) is 0 Å². The summed E-state index contributed by atoms with van der Waals surface area (Å²) >= 11 is 0. The minimum atomic E-state index is -0.915. The molecule has 0 spiro atoms. The first-order valence-electron chi connectivity index (χ1n) is 7.12. The van der Waals surface area contributed by atoms with Crippen LogP contribution in [0, 0.1) is 0 Å². The maximum Gasteiger partial charge on any atom is 0.102 e. The van der Waals surface area contributed by atoms with Gasteiger partial charge in [0.2, 0.25) is 0 Å². The van der Waals surface area contributed by atoms with Crippen molar-refractivity contribution in [2.45, 2.75) is 19.4 Å². The van der Waals surface area contributed by atoms with Gasteiger partial charge in [-0.3, -0.25) is 4.68 Å². The summed E-state index contributed by atoms with van der Waals surface area (Å²) in [5.74, 6) is 0. The lowest BCUT2D eigenvalue weighted by Crippen LogP contribution is -2.35. The molecule has 1 heterocycles. The lowest BCUT2D eigenvalue weighted by molar-refractivity contribution is 0.0578. The molecular formula is C17H23N3O. The molecule has 0 fully saturated rings. The fourth-order valence-corrected chi connectivity index (χ4v) is 2.19. The monoisotopic (exact) mass is 285 g/mol. The average molecular weight is 285 g/mol. The predicted molar refractivity (Wildman–Crippen MR) is 85.7 cm³/mol. The van der Waals surface area contributed by atoms with Gasteiger partial charge >= 0.3 is 0 Å². The molecule has 1 aromatic carbocycles. The van der Waals surface area contributed by atoms with Gasteiger partial charge in [-0.15, -0.1) is 0 Å². The molecule has 1 unspecified atom stereocenters. The molecule has 0 aliphatic heterocycles. The van der Waals surface area contributed by atoms with E-state index in [0.717, 1.165) is 12.1 Å². The van der Waals surface area contributed by atoms with E-state index in [4.69, 9.17) is 0 Å². The number of hydrogen-bond donors (Lipinski definition) is 2. The van der Waals surface area contributed by atoms with Crippen LogP contribution in [-0.4, -0.2) is 28.0 Å². The number of aryl methyl sites for hydroxylation is 1. The minimum Gasteiger partial charge on any atom is -0.384 e. The Morgan fingerprint density at radius 2 is 2.10 bits per heavy atom. The molecule has 2 N–H and O–H groups in total. The highest BCUT2D eigenvalue weighted by Crippen LogP contribution is 2.18. The van der Waals surface area contributed by atoms with Crippen LogP contribution in [0.15, 0.2) is 48.3 Å². The quantitative estimate of drug-likeness (QED) is 0.856. The highest BCUT2D eigenvalue weighted by molar-refractivity contribution is 5.52. The van der Waals surface area contributed by atoms with Crippen molar-refractivity contribution in [1.82, 2.24) is 15.1 Å². The SMILES string of the molecule is CC(=Cc1ccccc1)CNCC(C)(O)c1cnn(C)c1. The second-order valence-corrected chi connectivity index (χ2v) is 5.68. The normalized spacial score (nSPS) is 15.0. The molecule has 4 heteroatoms. The van der Waals surface area contributed by atoms with Crippen molar-refractivity contribution in [3.63, 3.8) is 0 Å². The molecule has 4 nitrogen and oxygen atoms in total. The number of benzene rings is 1. The van der Waals surface area contributed by atoms with Crippen LogP contribution in [0.4, 0.5) is 0 Å². The Hall–Kier alpha value is -1.91. The number of aromatic nitrogens is 2. The Labute approximate surface area is 126 Å². The lowest BCUT2D eigenvalue weighted by Gasteiger charge is -2.22.